The zero-order valence-electron chi connectivity index (χ0n) is 9.73. The van der Waals surface area contributed by atoms with Gasteiger partial charge in [-0.15, -0.1) is 0 Å². The molecule has 0 saturated heterocycles. The molecular formula is C12H19BrN2O. The lowest BCUT2D eigenvalue weighted by molar-refractivity contribution is 0.122. The lowest BCUT2D eigenvalue weighted by atomic mass is 10.0. The Morgan fingerprint density at radius 2 is 2.06 bits per heavy atom. The molecule has 0 bridgehead atoms. The number of hydrogen-bond donors (Lipinski definition) is 2. The first-order valence-corrected chi connectivity index (χ1v) is 6.18. The van der Waals surface area contributed by atoms with E-state index in [9.17, 15) is 5.11 Å². The van der Waals surface area contributed by atoms with Gasteiger partial charge in [-0.3, -0.25) is 4.90 Å². The monoisotopic (exact) mass is 286 g/mol. The van der Waals surface area contributed by atoms with Crippen molar-refractivity contribution in [3.63, 3.8) is 0 Å². The first-order valence-electron chi connectivity index (χ1n) is 5.39. The second kappa shape index (κ2) is 6.35. The quantitative estimate of drug-likeness (QED) is 0.867. The van der Waals surface area contributed by atoms with Gasteiger partial charge in [0.1, 0.15) is 0 Å². The molecule has 0 aromatic heterocycles. The summed E-state index contributed by atoms with van der Waals surface area (Å²) >= 11 is 3.53. The molecule has 0 heterocycles. The molecule has 2 unspecified atom stereocenters. The summed E-state index contributed by atoms with van der Waals surface area (Å²) in [5, 5.41) is 9.17. The largest absolute Gasteiger partial charge is 0.395 e. The summed E-state index contributed by atoms with van der Waals surface area (Å²) in [5.74, 6) is 0. The van der Waals surface area contributed by atoms with Gasteiger partial charge >= 0.3 is 0 Å². The molecule has 3 nitrogen and oxygen atoms in total. The molecule has 0 radical (unpaired) electrons. The Balaban J connectivity index is 2.94. The number of halogens is 1. The third-order valence-corrected chi connectivity index (χ3v) is 3.66. The van der Waals surface area contributed by atoms with Crippen LogP contribution in [-0.4, -0.2) is 36.2 Å². The van der Waals surface area contributed by atoms with Gasteiger partial charge in [0, 0.05) is 23.1 Å². The summed E-state index contributed by atoms with van der Waals surface area (Å²) in [7, 11) is 1.98. The molecule has 0 spiro atoms. The molecule has 3 N–H and O–H groups in total. The van der Waals surface area contributed by atoms with Crippen molar-refractivity contribution in [2.24, 2.45) is 5.73 Å². The molecule has 0 saturated carbocycles. The first kappa shape index (κ1) is 13.6. The molecule has 1 aromatic rings. The SMILES string of the molecule is CC(CO)N(C)C(CN)c1ccccc1Br. The Hall–Kier alpha value is -0.420. The average molecular weight is 287 g/mol. The Bertz CT molecular complexity index is 333. The molecule has 1 aromatic carbocycles. The van der Waals surface area contributed by atoms with E-state index in [-0.39, 0.29) is 18.7 Å². The van der Waals surface area contributed by atoms with Crippen LogP contribution in [0.25, 0.3) is 0 Å². The van der Waals surface area contributed by atoms with Crippen LogP contribution in [0, 0.1) is 0 Å². The van der Waals surface area contributed by atoms with Gasteiger partial charge in [-0.25, -0.2) is 0 Å². The summed E-state index contributed by atoms with van der Waals surface area (Å²) in [6.45, 7) is 2.65. The van der Waals surface area contributed by atoms with Crippen molar-refractivity contribution >= 4 is 15.9 Å². The highest BCUT2D eigenvalue weighted by molar-refractivity contribution is 9.10. The van der Waals surface area contributed by atoms with Crippen LogP contribution in [0.3, 0.4) is 0 Å². The van der Waals surface area contributed by atoms with Crippen molar-refractivity contribution < 1.29 is 5.11 Å². The molecule has 0 aliphatic carbocycles. The Kier molecular flexibility index (Phi) is 5.41. The van der Waals surface area contributed by atoms with Crippen LogP contribution in [0.1, 0.15) is 18.5 Å². The van der Waals surface area contributed by atoms with Gasteiger partial charge in [0.15, 0.2) is 0 Å². The van der Waals surface area contributed by atoms with Crippen molar-refractivity contribution in [2.45, 2.75) is 19.0 Å². The van der Waals surface area contributed by atoms with Crippen LogP contribution in [0.4, 0.5) is 0 Å². The lowest BCUT2D eigenvalue weighted by Gasteiger charge is -2.32. The number of nitrogens with zero attached hydrogens (tertiary/aromatic N) is 1. The van der Waals surface area contributed by atoms with Gasteiger partial charge in [0.2, 0.25) is 0 Å². The highest BCUT2D eigenvalue weighted by atomic mass is 79.9. The number of likely N-dealkylation sites (N-methyl/N-ethyl adjacent to an activating group) is 1. The van der Waals surface area contributed by atoms with Crippen molar-refractivity contribution in [2.75, 3.05) is 20.2 Å². The predicted octanol–water partition coefficient (Wildman–Crippen LogP) is 1.76. The Labute approximate surface area is 105 Å². The minimum Gasteiger partial charge on any atom is -0.395 e. The second-order valence-corrected chi connectivity index (χ2v) is 4.82. The summed E-state index contributed by atoms with van der Waals surface area (Å²) in [6.07, 6.45) is 0. The molecule has 2 atom stereocenters. The molecule has 1 rings (SSSR count). The van der Waals surface area contributed by atoms with Crippen LogP contribution in [-0.2, 0) is 0 Å². The van der Waals surface area contributed by atoms with Gasteiger partial charge in [0.25, 0.3) is 0 Å². The van der Waals surface area contributed by atoms with E-state index in [0.717, 1.165) is 10.0 Å². The van der Waals surface area contributed by atoms with Crippen LogP contribution >= 0.6 is 15.9 Å². The van der Waals surface area contributed by atoms with Crippen molar-refractivity contribution in [3.8, 4) is 0 Å². The number of aliphatic hydroxyl groups excluding tert-OH is 1. The lowest BCUT2D eigenvalue weighted by Crippen LogP contribution is -2.39. The summed E-state index contributed by atoms with van der Waals surface area (Å²) in [5.41, 5.74) is 6.98. The Morgan fingerprint density at radius 1 is 1.44 bits per heavy atom. The topological polar surface area (TPSA) is 49.5 Å². The van der Waals surface area contributed by atoms with E-state index < -0.39 is 0 Å². The maximum absolute atomic E-state index is 9.17. The minimum atomic E-state index is 0.0978. The molecule has 0 amide bonds. The number of benzene rings is 1. The van der Waals surface area contributed by atoms with E-state index >= 15 is 0 Å². The van der Waals surface area contributed by atoms with E-state index in [1.807, 2.05) is 32.2 Å². The third kappa shape index (κ3) is 3.04. The average Bonchev–Trinajstić information content (AvgIpc) is 2.31. The number of nitrogens with two attached hydrogens (primary N) is 1. The standard InChI is InChI=1S/C12H19BrN2O/c1-9(8-16)15(2)12(7-14)10-5-3-4-6-11(10)13/h3-6,9,12,16H,7-8,14H2,1-2H3. The van der Waals surface area contributed by atoms with Gasteiger partial charge in [-0.05, 0) is 25.6 Å². The van der Waals surface area contributed by atoms with Crippen LogP contribution in [0.2, 0.25) is 0 Å². The fourth-order valence-electron chi connectivity index (χ4n) is 1.69. The molecule has 0 aliphatic heterocycles. The van der Waals surface area contributed by atoms with Crippen LogP contribution < -0.4 is 5.73 Å². The molecule has 0 fully saturated rings. The highest BCUT2D eigenvalue weighted by Gasteiger charge is 2.21. The fourth-order valence-corrected chi connectivity index (χ4v) is 2.24. The number of aliphatic hydroxyl groups is 1. The third-order valence-electron chi connectivity index (χ3n) is 2.94. The van der Waals surface area contributed by atoms with Gasteiger partial charge in [0.05, 0.1) is 6.61 Å². The molecule has 0 aliphatic rings. The summed E-state index contributed by atoms with van der Waals surface area (Å²) < 4.78 is 1.06. The van der Waals surface area contributed by atoms with E-state index in [1.54, 1.807) is 0 Å². The Morgan fingerprint density at radius 3 is 2.56 bits per heavy atom. The summed E-state index contributed by atoms with van der Waals surface area (Å²) in [6, 6.07) is 8.27. The predicted molar refractivity (Wildman–Crippen MR) is 70.2 cm³/mol. The van der Waals surface area contributed by atoms with E-state index in [4.69, 9.17) is 5.73 Å². The molecule has 90 valence electrons. The van der Waals surface area contributed by atoms with Crippen molar-refractivity contribution in [1.82, 2.24) is 4.90 Å². The zero-order chi connectivity index (χ0) is 12.1. The highest BCUT2D eigenvalue weighted by Crippen LogP contribution is 2.27. The molecule has 16 heavy (non-hydrogen) atoms. The normalized spacial score (nSPS) is 15.1. The zero-order valence-corrected chi connectivity index (χ0v) is 11.3. The molecular weight excluding hydrogens is 268 g/mol. The number of rotatable bonds is 5. The smallest absolute Gasteiger partial charge is 0.0584 e. The molecule has 4 heteroatoms. The first-order chi connectivity index (χ1) is 7.61. The van der Waals surface area contributed by atoms with E-state index in [1.165, 1.54) is 0 Å². The number of hydrogen-bond acceptors (Lipinski definition) is 3. The van der Waals surface area contributed by atoms with E-state index in [2.05, 4.69) is 26.9 Å². The van der Waals surface area contributed by atoms with Crippen LogP contribution in [0.15, 0.2) is 28.7 Å². The van der Waals surface area contributed by atoms with E-state index in [0.29, 0.717) is 6.54 Å². The summed E-state index contributed by atoms with van der Waals surface area (Å²) in [4.78, 5) is 2.10. The second-order valence-electron chi connectivity index (χ2n) is 3.97. The van der Waals surface area contributed by atoms with Gasteiger partial charge in [-0.1, -0.05) is 34.1 Å². The minimum absolute atomic E-state index is 0.0978. The van der Waals surface area contributed by atoms with Gasteiger partial charge in [-0.2, -0.15) is 0 Å². The van der Waals surface area contributed by atoms with Gasteiger partial charge < -0.3 is 10.8 Å². The van der Waals surface area contributed by atoms with Crippen LogP contribution in [0.5, 0.6) is 0 Å². The van der Waals surface area contributed by atoms with Crippen molar-refractivity contribution in [3.05, 3.63) is 34.3 Å². The van der Waals surface area contributed by atoms with Crippen molar-refractivity contribution in [1.29, 1.82) is 0 Å². The maximum atomic E-state index is 9.17. The fraction of sp³-hybridized carbons (Fsp3) is 0.500. The maximum Gasteiger partial charge on any atom is 0.0584 e.